The van der Waals surface area contributed by atoms with Crippen molar-refractivity contribution in [3.05, 3.63) is 23.8 Å². The molecular weight excluding hydrogens is 288 g/mol. The van der Waals surface area contributed by atoms with E-state index >= 15 is 0 Å². The van der Waals surface area contributed by atoms with Crippen molar-refractivity contribution in [1.29, 1.82) is 0 Å². The summed E-state index contributed by atoms with van der Waals surface area (Å²) in [5.74, 6) is 0.171. The molecule has 1 aromatic rings. The van der Waals surface area contributed by atoms with Gasteiger partial charge in [0.2, 0.25) is 5.91 Å². The van der Waals surface area contributed by atoms with E-state index < -0.39 is 16.0 Å². The van der Waals surface area contributed by atoms with Crippen LogP contribution >= 0.6 is 0 Å². The molecule has 0 spiro atoms. The second-order valence-electron chi connectivity index (χ2n) is 5.33. The largest absolute Gasteiger partial charge is 0.398 e. The first kappa shape index (κ1) is 16.0. The Bertz CT molecular complexity index is 542. The van der Waals surface area contributed by atoms with Gasteiger partial charge in [0, 0.05) is 28.8 Å². The first-order valence-corrected chi connectivity index (χ1v) is 8.52. The van der Waals surface area contributed by atoms with E-state index in [0.29, 0.717) is 17.1 Å². The highest BCUT2D eigenvalue weighted by atomic mass is 32.2. The van der Waals surface area contributed by atoms with Gasteiger partial charge in [-0.2, -0.15) is 0 Å². The quantitative estimate of drug-likeness (QED) is 0.813. The summed E-state index contributed by atoms with van der Waals surface area (Å²) in [7, 11) is -1.24. The van der Waals surface area contributed by atoms with Crippen molar-refractivity contribution < 1.29 is 13.7 Å². The van der Waals surface area contributed by atoms with Gasteiger partial charge in [-0.25, -0.2) is 0 Å². The number of nitrogens with two attached hydrogens (primary N) is 1. The minimum absolute atomic E-state index is 0.0233. The third-order valence-electron chi connectivity index (χ3n) is 3.77. The van der Waals surface area contributed by atoms with Crippen molar-refractivity contribution in [2.75, 3.05) is 23.4 Å². The average Bonchev–Trinajstić information content (AvgIpc) is 2.95. The Kier molecular flexibility index (Phi) is 5.36. The topological polar surface area (TPSA) is 81.4 Å². The number of rotatable bonds is 5. The van der Waals surface area contributed by atoms with Crippen molar-refractivity contribution in [2.45, 2.75) is 38.0 Å². The van der Waals surface area contributed by atoms with Crippen molar-refractivity contribution in [1.82, 2.24) is 0 Å². The van der Waals surface area contributed by atoms with Crippen molar-refractivity contribution in [3.8, 4) is 0 Å². The van der Waals surface area contributed by atoms with Gasteiger partial charge >= 0.3 is 0 Å². The van der Waals surface area contributed by atoms with E-state index in [1.807, 2.05) is 6.92 Å². The highest BCUT2D eigenvalue weighted by molar-refractivity contribution is 7.86. The summed E-state index contributed by atoms with van der Waals surface area (Å²) in [6.07, 6.45) is 1.95. The first-order chi connectivity index (χ1) is 9.99. The van der Waals surface area contributed by atoms with Gasteiger partial charge in [-0.3, -0.25) is 9.00 Å². The number of hydrogen-bond acceptors (Lipinski definition) is 4. The van der Waals surface area contributed by atoms with Crippen LogP contribution in [0.2, 0.25) is 0 Å². The Morgan fingerprint density at radius 2 is 2.33 bits per heavy atom. The fraction of sp³-hybridized carbons (Fsp3) is 0.533. The van der Waals surface area contributed by atoms with Gasteiger partial charge in [0.05, 0.1) is 11.9 Å². The summed E-state index contributed by atoms with van der Waals surface area (Å²) in [5, 5.41) is 2.23. The van der Waals surface area contributed by atoms with Crippen LogP contribution in [0.15, 0.2) is 18.2 Å². The normalized spacial score (nSPS) is 21.0. The van der Waals surface area contributed by atoms with E-state index in [1.54, 1.807) is 25.1 Å². The molecule has 1 saturated heterocycles. The molecule has 1 aliphatic heterocycles. The van der Waals surface area contributed by atoms with Crippen LogP contribution in [0.25, 0.3) is 0 Å². The molecule has 1 aromatic carbocycles. The van der Waals surface area contributed by atoms with Gasteiger partial charge in [-0.15, -0.1) is 0 Å². The van der Waals surface area contributed by atoms with Gasteiger partial charge in [0.25, 0.3) is 0 Å². The summed E-state index contributed by atoms with van der Waals surface area (Å²) >= 11 is 0. The third kappa shape index (κ3) is 4.04. The van der Waals surface area contributed by atoms with Crippen LogP contribution < -0.4 is 11.1 Å². The number of nitrogen functional groups attached to an aromatic ring is 1. The minimum atomic E-state index is -1.24. The van der Waals surface area contributed by atoms with Crippen LogP contribution in [-0.2, 0) is 20.3 Å². The van der Waals surface area contributed by atoms with Crippen LogP contribution in [0, 0.1) is 6.92 Å². The van der Waals surface area contributed by atoms with Gasteiger partial charge in [-0.1, -0.05) is 6.07 Å². The van der Waals surface area contributed by atoms with Crippen molar-refractivity contribution >= 4 is 28.1 Å². The summed E-state index contributed by atoms with van der Waals surface area (Å²) in [6.45, 7) is 4.26. The van der Waals surface area contributed by atoms with Crippen LogP contribution in [0.1, 0.15) is 25.3 Å². The van der Waals surface area contributed by atoms with Gasteiger partial charge in [0.1, 0.15) is 5.25 Å². The number of hydrogen-bond donors (Lipinski definition) is 2. The highest BCUT2D eigenvalue weighted by Crippen LogP contribution is 2.21. The molecule has 3 N–H and O–H groups in total. The number of carbonyl (C=O) groups excluding carboxylic acids is 1. The van der Waals surface area contributed by atoms with E-state index in [0.717, 1.165) is 25.0 Å². The first-order valence-electron chi connectivity index (χ1n) is 7.13. The Labute approximate surface area is 127 Å². The van der Waals surface area contributed by atoms with E-state index in [-0.39, 0.29) is 12.0 Å². The van der Waals surface area contributed by atoms with Gasteiger partial charge < -0.3 is 15.8 Å². The summed E-state index contributed by atoms with van der Waals surface area (Å²) in [6, 6.07) is 5.36. The summed E-state index contributed by atoms with van der Waals surface area (Å²) in [5.41, 5.74) is 7.93. The summed E-state index contributed by atoms with van der Waals surface area (Å²) < 4.78 is 17.7. The number of carbonyl (C=O) groups is 1. The molecule has 1 amide bonds. The SMILES string of the molecule is Cc1c(N)cccc1NC(=O)C(C)S(=O)CC1CCCO1. The highest BCUT2D eigenvalue weighted by Gasteiger charge is 2.25. The maximum absolute atomic E-state index is 12.2. The second-order valence-corrected chi connectivity index (χ2v) is 7.14. The molecule has 6 heteroatoms. The smallest absolute Gasteiger partial charge is 0.239 e. The van der Waals surface area contributed by atoms with E-state index in [9.17, 15) is 9.00 Å². The minimum Gasteiger partial charge on any atom is -0.398 e. The molecular formula is C15H22N2O3S. The number of amides is 1. The molecule has 2 rings (SSSR count). The molecule has 0 bridgehead atoms. The molecule has 1 fully saturated rings. The van der Waals surface area contributed by atoms with Gasteiger partial charge in [-0.05, 0) is 44.4 Å². The Balaban J connectivity index is 1.95. The molecule has 3 atom stereocenters. The van der Waals surface area contributed by atoms with Crippen molar-refractivity contribution in [3.63, 3.8) is 0 Å². The molecule has 21 heavy (non-hydrogen) atoms. The number of anilines is 2. The van der Waals surface area contributed by atoms with Gasteiger partial charge in [0.15, 0.2) is 0 Å². The van der Waals surface area contributed by atoms with Crippen LogP contribution in [0.3, 0.4) is 0 Å². The molecule has 0 aromatic heterocycles. The van der Waals surface area contributed by atoms with Crippen LogP contribution in [0.4, 0.5) is 11.4 Å². The molecule has 0 saturated carbocycles. The zero-order valence-corrected chi connectivity index (χ0v) is 13.2. The summed E-state index contributed by atoms with van der Waals surface area (Å²) in [4.78, 5) is 12.2. The third-order valence-corrected chi connectivity index (χ3v) is 5.47. The fourth-order valence-electron chi connectivity index (χ4n) is 2.25. The number of nitrogens with one attached hydrogen (secondary N) is 1. The lowest BCUT2D eigenvalue weighted by Crippen LogP contribution is -2.33. The number of ether oxygens (including phenoxy) is 1. The zero-order valence-electron chi connectivity index (χ0n) is 12.4. The second kappa shape index (κ2) is 7.04. The lowest BCUT2D eigenvalue weighted by atomic mass is 10.1. The number of benzene rings is 1. The molecule has 0 aliphatic carbocycles. The van der Waals surface area contributed by atoms with E-state index in [1.165, 1.54) is 0 Å². The fourth-order valence-corrected chi connectivity index (χ4v) is 3.46. The standard InChI is InChI=1S/C15H22N2O3S/c1-10-13(16)6-3-7-14(10)17-15(18)11(2)21(19)9-12-5-4-8-20-12/h3,6-7,11-12H,4-5,8-9,16H2,1-2H3,(H,17,18). The lowest BCUT2D eigenvalue weighted by Gasteiger charge is -2.16. The Morgan fingerprint density at radius 3 is 3.00 bits per heavy atom. The predicted octanol–water partition coefficient (Wildman–Crippen LogP) is 1.83. The maximum atomic E-state index is 12.2. The monoisotopic (exact) mass is 310 g/mol. The molecule has 3 unspecified atom stereocenters. The van der Waals surface area contributed by atoms with Crippen molar-refractivity contribution in [2.24, 2.45) is 0 Å². The average molecular weight is 310 g/mol. The Hall–Kier alpha value is -1.40. The maximum Gasteiger partial charge on any atom is 0.239 e. The molecule has 116 valence electrons. The molecule has 5 nitrogen and oxygen atoms in total. The van der Waals surface area contributed by atoms with Crippen LogP contribution in [0.5, 0.6) is 0 Å². The Morgan fingerprint density at radius 1 is 1.57 bits per heavy atom. The molecule has 1 aliphatic rings. The van der Waals surface area contributed by atoms with Crippen LogP contribution in [-0.4, -0.2) is 33.8 Å². The lowest BCUT2D eigenvalue weighted by molar-refractivity contribution is -0.115. The molecule has 0 radical (unpaired) electrons. The van der Waals surface area contributed by atoms with E-state index in [4.69, 9.17) is 10.5 Å². The zero-order chi connectivity index (χ0) is 15.4. The predicted molar refractivity (Wildman–Crippen MR) is 85.7 cm³/mol. The van der Waals surface area contributed by atoms with E-state index in [2.05, 4.69) is 5.32 Å². The molecule has 1 heterocycles.